The van der Waals surface area contributed by atoms with Gasteiger partial charge >= 0.3 is 39.5 Å². The number of aliphatic hydroxyl groups excluding tert-OH is 1. The summed E-state index contributed by atoms with van der Waals surface area (Å²) in [6.07, 6.45) is 51.6. The first-order valence-corrected chi connectivity index (χ1v) is 42.7. The van der Waals surface area contributed by atoms with Gasteiger partial charge in [0.05, 0.1) is 26.4 Å². The molecule has 570 valence electrons. The Labute approximate surface area is 588 Å². The molecule has 0 aliphatic rings. The van der Waals surface area contributed by atoms with Gasteiger partial charge in [0.1, 0.15) is 19.3 Å². The lowest BCUT2D eigenvalue weighted by molar-refractivity contribution is -0.161. The zero-order chi connectivity index (χ0) is 71.0. The molecule has 3 unspecified atom stereocenters. The Bertz CT molecular complexity index is 1880. The van der Waals surface area contributed by atoms with E-state index in [1.54, 1.807) is 0 Å². The van der Waals surface area contributed by atoms with Gasteiger partial charge in [-0.3, -0.25) is 37.3 Å². The normalized spacial score (nSPS) is 14.1. The van der Waals surface area contributed by atoms with Crippen LogP contribution in [-0.4, -0.2) is 96.7 Å². The first-order chi connectivity index (χ1) is 46.1. The van der Waals surface area contributed by atoms with Gasteiger partial charge in [0.15, 0.2) is 12.2 Å². The van der Waals surface area contributed by atoms with E-state index < -0.39 is 97.5 Å². The second-order valence-electron chi connectivity index (χ2n) is 29.7. The average molecular weight is 1410 g/mol. The molecule has 19 heteroatoms. The summed E-state index contributed by atoms with van der Waals surface area (Å²) in [5.41, 5.74) is 0. The number of phosphoric acid groups is 2. The van der Waals surface area contributed by atoms with Crippen LogP contribution in [0, 0.1) is 23.7 Å². The predicted molar refractivity (Wildman–Crippen MR) is 391 cm³/mol. The molecule has 0 fully saturated rings. The van der Waals surface area contributed by atoms with Gasteiger partial charge < -0.3 is 33.8 Å². The molecule has 3 N–H and O–H groups in total. The predicted octanol–water partition coefficient (Wildman–Crippen LogP) is 22.4. The Morgan fingerprint density at radius 3 is 0.646 bits per heavy atom. The summed E-state index contributed by atoms with van der Waals surface area (Å²) < 4.78 is 68.5. The minimum absolute atomic E-state index is 0.105. The van der Waals surface area contributed by atoms with Crippen LogP contribution >= 0.6 is 15.6 Å². The molecule has 17 nitrogen and oxygen atoms in total. The second-order valence-corrected chi connectivity index (χ2v) is 32.6. The van der Waals surface area contributed by atoms with Gasteiger partial charge in [-0.15, -0.1) is 0 Å². The molecule has 0 aromatic heterocycles. The van der Waals surface area contributed by atoms with Crippen LogP contribution in [0.1, 0.15) is 389 Å². The van der Waals surface area contributed by atoms with E-state index in [0.29, 0.717) is 31.6 Å². The van der Waals surface area contributed by atoms with Crippen LogP contribution in [0.3, 0.4) is 0 Å². The van der Waals surface area contributed by atoms with Crippen LogP contribution in [0.15, 0.2) is 0 Å². The van der Waals surface area contributed by atoms with Gasteiger partial charge in [0.25, 0.3) is 0 Å². The molecule has 0 radical (unpaired) electrons. The van der Waals surface area contributed by atoms with Crippen LogP contribution in [0.25, 0.3) is 0 Å². The largest absolute Gasteiger partial charge is 0.472 e. The maximum atomic E-state index is 13.1. The number of hydrogen-bond donors (Lipinski definition) is 3. The summed E-state index contributed by atoms with van der Waals surface area (Å²) in [4.78, 5) is 72.8. The van der Waals surface area contributed by atoms with Gasteiger partial charge in [-0.1, -0.05) is 338 Å². The van der Waals surface area contributed by atoms with Gasteiger partial charge in [0.2, 0.25) is 0 Å². The fourth-order valence-corrected chi connectivity index (χ4v) is 13.3. The van der Waals surface area contributed by atoms with Crippen LogP contribution in [0.4, 0.5) is 0 Å². The fraction of sp³-hybridized carbons (Fsp3) is 0.948. The van der Waals surface area contributed by atoms with Crippen molar-refractivity contribution in [1.82, 2.24) is 0 Å². The molecule has 0 aromatic carbocycles. The van der Waals surface area contributed by atoms with E-state index in [1.807, 2.05) is 0 Å². The molecule has 96 heavy (non-hydrogen) atoms. The van der Waals surface area contributed by atoms with Crippen molar-refractivity contribution in [2.45, 2.75) is 408 Å². The van der Waals surface area contributed by atoms with E-state index in [0.717, 1.165) is 114 Å². The van der Waals surface area contributed by atoms with Gasteiger partial charge in [-0.05, 0) is 49.4 Å². The fourth-order valence-electron chi connectivity index (χ4n) is 11.7. The zero-order valence-corrected chi connectivity index (χ0v) is 64.8. The van der Waals surface area contributed by atoms with Crippen LogP contribution in [0.2, 0.25) is 0 Å². The standard InChI is InChI=1S/C77H150O17P2/c1-67(2)53-45-37-29-23-18-15-13-11-9-10-12-14-16-20-27-33-43-51-59-76(81)94-73(64-88-75(80)58-50-42-36-35-40-48-56-70(7)8)66-92-96(85,86)90-62-71(78)61-89-95(83,84)91-65-72(93-77(82)60-52-44-34-28-22-25-31-39-47-55-69(5)6)63-87-74(79)57-49-41-32-26-21-17-19-24-30-38-46-54-68(3)4/h67-73,78H,9-66H2,1-8H3,(H,83,84)(H,85,86)/t71?,72-,73-/m1/s1. The summed E-state index contributed by atoms with van der Waals surface area (Å²) in [7, 11) is -9.91. The minimum Gasteiger partial charge on any atom is -0.462 e. The van der Waals surface area contributed by atoms with Crippen LogP contribution in [-0.2, 0) is 65.4 Å². The smallest absolute Gasteiger partial charge is 0.462 e. The highest BCUT2D eigenvalue weighted by molar-refractivity contribution is 7.47. The third-order valence-electron chi connectivity index (χ3n) is 17.8. The van der Waals surface area contributed by atoms with Gasteiger partial charge in [-0.2, -0.15) is 0 Å². The quantitative estimate of drug-likeness (QED) is 0.0222. The number of ether oxygens (including phenoxy) is 4. The van der Waals surface area contributed by atoms with Crippen LogP contribution in [0.5, 0.6) is 0 Å². The van der Waals surface area contributed by atoms with E-state index in [-0.39, 0.29) is 25.7 Å². The summed E-state index contributed by atoms with van der Waals surface area (Å²) in [6.45, 7) is 14.1. The maximum absolute atomic E-state index is 13.1. The van der Waals surface area contributed by atoms with Gasteiger partial charge in [0, 0.05) is 25.7 Å². The molecule has 0 bridgehead atoms. The SMILES string of the molecule is CC(C)CCCCCCCCCCCCCCCCCCCCC(=O)O[C@H](COC(=O)CCCCCCCCC(C)C)COP(=O)(O)OCC(O)COP(=O)(O)OC[C@@H](COC(=O)CCCCCCCCCCCCCC(C)C)OC(=O)CCCCCCCCCCCC(C)C. The van der Waals surface area contributed by atoms with Crippen molar-refractivity contribution in [2.24, 2.45) is 23.7 Å². The number of unbranched alkanes of at least 4 members (excludes halogenated alkanes) is 40. The number of rotatable bonds is 74. The van der Waals surface area contributed by atoms with Crippen molar-refractivity contribution in [1.29, 1.82) is 0 Å². The highest BCUT2D eigenvalue weighted by Gasteiger charge is 2.30. The Kier molecular flexibility index (Phi) is 65.0. The third kappa shape index (κ3) is 70.5. The third-order valence-corrected chi connectivity index (χ3v) is 19.7. The molecule has 0 aliphatic carbocycles. The number of hydrogen-bond acceptors (Lipinski definition) is 15. The molecular formula is C77H150O17P2. The number of carbonyl (C=O) groups excluding carboxylic acids is 4. The van der Waals surface area contributed by atoms with Crippen molar-refractivity contribution < 1.29 is 80.2 Å². The monoisotopic (exact) mass is 1410 g/mol. The lowest BCUT2D eigenvalue weighted by Crippen LogP contribution is -2.30. The van der Waals surface area contributed by atoms with E-state index in [9.17, 15) is 43.2 Å². The average Bonchev–Trinajstić information content (AvgIpc) is 1.10. The highest BCUT2D eigenvalue weighted by atomic mass is 31.2. The molecule has 0 aliphatic heterocycles. The number of aliphatic hydroxyl groups is 1. The van der Waals surface area contributed by atoms with E-state index in [4.69, 9.17) is 37.0 Å². The Morgan fingerprint density at radius 1 is 0.260 bits per heavy atom. The van der Waals surface area contributed by atoms with Crippen molar-refractivity contribution in [2.75, 3.05) is 39.6 Å². The van der Waals surface area contributed by atoms with Gasteiger partial charge in [-0.25, -0.2) is 9.13 Å². The zero-order valence-electron chi connectivity index (χ0n) is 63.0. The van der Waals surface area contributed by atoms with Crippen molar-refractivity contribution in [3.05, 3.63) is 0 Å². The Morgan fingerprint density at radius 2 is 0.438 bits per heavy atom. The first-order valence-electron chi connectivity index (χ1n) is 39.7. The minimum atomic E-state index is -4.96. The summed E-state index contributed by atoms with van der Waals surface area (Å²) in [6, 6.07) is 0. The number of esters is 4. The first kappa shape index (κ1) is 94.1. The number of carbonyl (C=O) groups is 4. The molecule has 0 saturated heterocycles. The molecule has 0 spiro atoms. The Hall–Kier alpha value is -1.94. The highest BCUT2D eigenvalue weighted by Crippen LogP contribution is 2.45. The second kappa shape index (κ2) is 66.3. The summed E-state index contributed by atoms with van der Waals surface area (Å²) in [5, 5.41) is 10.6. The summed E-state index contributed by atoms with van der Waals surface area (Å²) in [5.74, 6) is 0.885. The molecule has 0 aromatic rings. The summed E-state index contributed by atoms with van der Waals surface area (Å²) >= 11 is 0. The number of phosphoric ester groups is 2. The topological polar surface area (TPSA) is 237 Å². The molecule has 0 rings (SSSR count). The Balaban J connectivity index is 5.17. The van der Waals surface area contributed by atoms with Crippen LogP contribution < -0.4 is 0 Å². The molecular weight excluding hydrogens is 1260 g/mol. The van der Waals surface area contributed by atoms with E-state index in [1.165, 1.54) is 186 Å². The lowest BCUT2D eigenvalue weighted by atomic mass is 10.0. The van der Waals surface area contributed by atoms with Crippen molar-refractivity contribution in [3.63, 3.8) is 0 Å². The lowest BCUT2D eigenvalue weighted by Gasteiger charge is -2.21. The van der Waals surface area contributed by atoms with Crippen molar-refractivity contribution >= 4 is 39.5 Å². The molecule has 0 amide bonds. The maximum Gasteiger partial charge on any atom is 0.472 e. The molecule has 0 heterocycles. The molecule has 0 saturated carbocycles. The van der Waals surface area contributed by atoms with E-state index in [2.05, 4.69) is 55.4 Å². The van der Waals surface area contributed by atoms with E-state index >= 15 is 0 Å². The van der Waals surface area contributed by atoms with Crippen molar-refractivity contribution in [3.8, 4) is 0 Å². The molecule has 5 atom stereocenters.